The zero-order chi connectivity index (χ0) is 10.7. The highest BCUT2D eigenvalue weighted by Gasteiger charge is 2.09. The quantitative estimate of drug-likeness (QED) is 0.763. The van der Waals surface area contributed by atoms with Crippen molar-refractivity contribution in [1.82, 2.24) is 5.32 Å². The highest BCUT2D eigenvalue weighted by Crippen LogP contribution is 2.26. The molecule has 1 aliphatic heterocycles. The zero-order valence-electron chi connectivity index (χ0n) is 8.66. The van der Waals surface area contributed by atoms with Crippen molar-refractivity contribution < 1.29 is 9.84 Å². The first kappa shape index (κ1) is 9.83. The van der Waals surface area contributed by atoms with E-state index in [1.165, 1.54) is 7.11 Å². The fraction of sp³-hybridized carbons (Fsp3) is 0.364. The van der Waals surface area contributed by atoms with Crippen molar-refractivity contribution >= 4 is 5.84 Å². The second-order valence-electron chi connectivity index (χ2n) is 3.40. The third kappa shape index (κ3) is 2.03. The van der Waals surface area contributed by atoms with Crippen LogP contribution in [0.3, 0.4) is 0 Å². The molecule has 1 aromatic carbocycles. The lowest BCUT2D eigenvalue weighted by Gasteiger charge is -2.15. The Balaban J connectivity index is 2.32. The molecule has 0 saturated heterocycles. The molecule has 0 bridgehead atoms. The molecule has 15 heavy (non-hydrogen) atoms. The molecular formula is C11H14N2O2. The average Bonchev–Trinajstić information content (AvgIpc) is 2.31. The van der Waals surface area contributed by atoms with Crippen LogP contribution in [-0.4, -0.2) is 31.1 Å². The van der Waals surface area contributed by atoms with Gasteiger partial charge in [0.2, 0.25) is 0 Å². The number of hydrogen-bond acceptors (Lipinski definition) is 4. The summed E-state index contributed by atoms with van der Waals surface area (Å²) < 4.78 is 5.04. The maximum Gasteiger partial charge on any atom is 0.161 e. The number of benzene rings is 1. The molecule has 1 aromatic rings. The molecule has 0 aromatic heterocycles. The minimum atomic E-state index is 0.151. The van der Waals surface area contributed by atoms with Gasteiger partial charge in [-0.3, -0.25) is 4.99 Å². The van der Waals surface area contributed by atoms with Gasteiger partial charge in [0.05, 0.1) is 7.11 Å². The van der Waals surface area contributed by atoms with Crippen LogP contribution in [0, 0.1) is 0 Å². The van der Waals surface area contributed by atoms with E-state index in [0.717, 1.165) is 30.9 Å². The molecule has 2 N–H and O–H groups in total. The number of ether oxygens (including phenoxy) is 1. The number of aromatic hydroxyl groups is 1. The summed E-state index contributed by atoms with van der Waals surface area (Å²) in [5.41, 5.74) is 0.948. The van der Waals surface area contributed by atoms with Crippen molar-refractivity contribution in [3.8, 4) is 11.5 Å². The third-order valence-corrected chi connectivity index (χ3v) is 2.35. The van der Waals surface area contributed by atoms with E-state index >= 15 is 0 Å². The number of methoxy groups -OCH3 is 1. The number of nitrogens with zero attached hydrogens (tertiary/aromatic N) is 1. The molecule has 80 valence electrons. The van der Waals surface area contributed by atoms with E-state index in [9.17, 15) is 5.11 Å². The first-order valence-corrected chi connectivity index (χ1v) is 4.97. The highest BCUT2D eigenvalue weighted by atomic mass is 16.5. The molecule has 4 nitrogen and oxygen atoms in total. The molecule has 1 aliphatic rings. The Hall–Kier alpha value is -1.71. The van der Waals surface area contributed by atoms with Crippen LogP contribution in [0.2, 0.25) is 0 Å². The summed E-state index contributed by atoms with van der Waals surface area (Å²) in [5, 5.41) is 12.7. The van der Waals surface area contributed by atoms with Gasteiger partial charge in [0.1, 0.15) is 5.84 Å². The van der Waals surface area contributed by atoms with E-state index in [4.69, 9.17) is 4.74 Å². The first-order valence-electron chi connectivity index (χ1n) is 4.97. The van der Waals surface area contributed by atoms with Crippen molar-refractivity contribution in [2.24, 2.45) is 4.99 Å². The minimum Gasteiger partial charge on any atom is -0.504 e. The van der Waals surface area contributed by atoms with Crippen LogP contribution in [0.15, 0.2) is 23.2 Å². The number of phenols is 1. The molecule has 0 fully saturated rings. The molecule has 0 spiro atoms. The van der Waals surface area contributed by atoms with Gasteiger partial charge in [-0.05, 0) is 24.6 Å². The maximum absolute atomic E-state index is 9.45. The summed E-state index contributed by atoms with van der Waals surface area (Å²) in [4.78, 5) is 4.37. The Morgan fingerprint density at radius 1 is 1.47 bits per heavy atom. The maximum atomic E-state index is 9.45. The summed E-state index contributed by atoms with van der Waals surface area (Å²) >= 11 is 0. The largest absolute Gasteiger partial charge is 0.504 e. The number of aliphatic imine (C=N–C) groups is 1. The molecular weight excluding hydrogens is 192 g/mol. The minimum absolute atomic E-state index is 0.151. The third-order valence-electron chi connectivity index (χ3n) is 2.35. The second-order valence-corrected chi connectivity index (χ2v) is 3.40. The van der Waals surface area contributed by atoms with Crippen LogP contribution in [0.25, 0.3) is 0 Å². The number of rotatable bonds is 2. The Morgan fingerprint density at radius 3 is 3.00 bits per heavy atom. The summed E-state index contributed by atoms with van der Waals surface area (Å²) in [5.74, 6) is 1.50. The van der Waals surface area contributed by atoms with Crippen LogP contribution in [-0.2, 0) is 0 Å². The monoisotopic (exact) mass is 206 g/mol. The predicted octanol–water partition coefficient (Wildman–Crippen LogP) is 1.14. The molecule has 4 heteroatoms. The number of phenolic OH excluding ortho intramolecular Hbond substituents is 1. The van der Waals surface area contributed by atoms with Gasteiger partial charge >= 0.3 is 0 Å². The predicted molar refractivity (Wildman–Crippen MR) is 58.7 cm³/mol. The van der Waals surface area contributed by atoms with Gasteiger partial charge in [0, 0.05) is 18.7 Å². The molecule has 0 radical (unpaired) electrons. The average molecular weight is 206 g/mol. The van der Waals surface area contributed by atoms with Crippen molar-refractivity contribution in [2.45, 2.75) is 6.42 Å². The van der Waals surface area contributed by atoms with Crippen molar-refractivity contribution in [1.29, 1.82) is 0 Å². The van der Waals surface area contributed by atoms with Gasteiger partial charge in [0.25, 0.3) is 0 Å². The van der Waals surface area contributed by atoms with Gasteiger partial charge in [-0.15, -0.1) is 0 Å². The molecule has 0 atom stereocenters. The Labute approximate surface area is 88.6 Å². The summed E-state index contributed by atoms with van der Waals surface area (Å²) in [7, 11) is 1.54. The van der Waals surface area contributed by atoms with Crippen LogP contribution >= 0.6 is 0 Å². The van der Waals surface area contributed by atoms with Gasteiger partial charge in [-0.2, -0.15) is 0 Å². The lowest BCUT2D eigenvalue weighted by Crippen LogP contribution is -2.30. The van der Waals surface area contributed by atoms with E-state index < -0.39 is 0 Å². The topological polar surface area (TPSA) is 53.8 Å². The number of hydrogen-bond donors (Lipinski definition) is 2. The Kier molecular flexibility index (Phi) is 2.76. The molecule has 0 unspecified atom stereocenters. The van der Waals surface area contributed by atoms with Crippen LogP contribution in [0.1, 0.15) is 12.0 Å². The summed E-state index contributed by atoms with van der Waals surface area (Å²) in [6.07, 6.45) is 1.07. The van der Waals surface area contributed by atoms with E-state index in [1.54, 1.807) is 12.1 Å². The molecule has 0 saturated carbocycles. The fourth-order valence-corrected chi connectivity index (χ4v) is 1.55. The zero-order valence-corrected chi connectivity index (χ0v) is 8.66. The molecule has 2 rings (SSSR count). The smallest absolute Gasteiger partial charge is 0.161 e. The van der Waals surface area contributed by atoms with Gasteiger partial charge in [-0.25, -0.2) is 0 Å². The second kappa shape index (κ2) is 4.21. The first-order chi connectivity index (χ1) is 7.31. The summed E-state index contributed by atoms with van der Waals surface area (Å²) in [6, 6.07) is 5.23. The van der Waals surface area contributed by atoms with Crippen LogP contribution < -0.4 is 10.1 Å². The van der Waals surface area contributed by atoms with E-state index in [-0.39, 0.29) is 5.75 Å². The van der Waals surface area contributed by atoms with E-state index in [2.05, 4.69) is 10.3 Å². The molecule has 1 heterocycles. The summed E-state index contributed by atoms with van der Waals surface area (Å²) in [6.45, 7) is 1.80. The number of amidine groups is 1. The normalized spacial score (nSPS) is 15.4. The highest BCUT2D eigenvalue weighted by molar-refractivity contribution is 5.99. The van der Waals surface area contributed by atoms with E-state index in [1.807, 2.05) is 6.07 Å². The SMILES string of the molecule is COc1cc(C2=NCCCN2)ccc1O. The van der Waals surface area contributed by atoms with Gasteiger partial charge in [0.15, 0.2) is 11.5 Å². The van der Waals surface area contributed by atoms with Gasteiger partial charge < -0.3 is 15.2 Å². The molecule has 0 aliphatic carbocycles. The van der Waals surface area contributed by atoms with Gasteiger partial charge in [-0.1, -0.05) is 0 Å². The van der Waals surface area contributed by atoms with Crippen molar-refractivity contribution in [3.63, 3.8) is 0 Å². The number of nitrogens with one attached hydrogen (secondary N) is 1. The molecule has 0 amide bonds. The van der Waals surface area contributed by atoms with Crippen molar-refractivity contribution in [3.05, 3.63) is 23.8 Å². The Bertz CT molecular complexity index is 388. The van der Waals surface area contributed by atoms with Crippen LogP contribution in [0.5, 0.6) is 11.5 Å². The van der Waals surface area contributed by atoms with Crippen molar-refractivity contribution in [2.75, 3.05) is 20.2 Å². The van der Waals surface area contributed by atoms with Crippen LogP contribution in [0.4, 0.5) is 0 Å². The fourth-order valence-electron chi connectivity index (χ4n) is 1.55. The lowest BCUT2D eigenvalue weighted by atomic mass is 10.1. The van der Waals surface area contributed by atoms with E-state index in [0.29, 0.717) is 5.75 Å². The lowest BCUT2D eigenvalue weighted by molar-refractivity contribution is 0.373. The standard InChI is InChI=1S/C11H14N2O2/c1-15-10-7-8(3-4-9(10)14)11-12-5-2-6-13-11/h3-4,7,14H,2,5-6H2,1H3,(H,12,13). The Morgan fingerprint density at radius 2 is 2.33 bits per heavy atom.